The molecule has 3 heterocycles. The maximum absolute atomic E-state index is 12.4. The minimum Gasteiger partial charge on any atom is -0.353 e. The van der Waals surface area contributed by atoms with E-state index in [0.29, 0.717) is 23.9 Å². The Morgan fingerprint density at radius 1 is 1.05 bits per heavy atom. The number of aromatic nitrogens is 2. The molecule has 0 aliphatic carbocycles. The molecule has 1 amide bonds. The molecule has 2 aromatic heterocycles. The minimum atomic E-state index is -0.0711. The number of pyridine rings is 2. The van der Waals surface area contributed by atoms with Crippen LogP contribution in [0.4, 0.5) is 5.82 Å². The third kappa shape index (κ3) is 3.13. The number of carbonyl (C=O) groups excluding carboxylic acids is 1. The first-order valence-corrected chi connectivity index (χ1v) is 7.19. The molecule has 2 aromatic rings. The molecule has 1 aliphatic rings. The normalized spacial score (nSPS) is 15.1. The Bertz CT molecular complexity index is 627. The van der Waals surface area contributed by atoms with Gasteiger partial charge in [0.2, 0.25) is 0 Å². The van der Waals surface area contributed by atoms with Gasteiger partial charge in [-0.2, -0.15) is 0 Å². The largest absolute Gasteiger partial charge is 0.353 e. The van der Waals surface area contributed by atoms with Gasteiger partial charge in [-0.3, -0.25) is 4.79 Å². The van der Waals surface area contributed by atoms with Crippen LogP contribution < -0.4 is 4.90 Å². The van der Waals surface area contributed by atoms with Gasteiger partial charge in [-0.25, -0.2) is 9.97 Å². The first-order chi connectivity index (χ1) is 10.2. The number of hydrogen-bond acceptors (Lipinski definition) is 4. The molecule has 108 valence electrons. The van der Waals surface area contributed by atoms with Gasteiger partial charge in [0.15, 0.2) is 0 Å². The maximum atomic E-state index is 12.4. The molecule has 0 aromatic carbocycles. The second kappa shape index (κ2) is 6.10. The first-order valence-electron chi connectivity index (χ1n) is 6.82. The lowest BCUT2D eigenvalue weighted by Gasteiger charge is -2.35. The van der Waals surface area contributed by atoms with Crippen LogP contribution in [-0.4, -0.2) is 47.0 Å². The van der Waals surface area contributed by atoms with E-state index >= 15 is 0 Å². The molecule has 1 saturated heterocycles. The summed E-state index contributed by atoms with van der Waals surface area (Å²) in [5.41, 5.74) is 0.397. The fourth-order valence-corrected chi connectivity index (χ4v) is 2.53. The van der Waals surface area contributed by atoms with Crippen molar-refractivity contribution in [1.82, 2.24) is 14.9 Å². The Hall–Kier alpha value is -2.14. The number of nitrogens with zero attached hydrogens (tertiary/aromatic N) is 4. The fraction of sp³-hybridized carbons (Fsp3) is 0.267. The van der Waals surface area contributed by atoms with Gasteiger partial charge in [0.1, 0.15) is 16.7 Å². The maximum Gasteiger partial charge on any atom is 0.272 e. The highest BCUT2D eigenvalue weighted by atomic mass is 35.5. The molecule has 3 rings (SSSR count). The van der Waals surface area contributed by atoms with Crippen LogP contribution in [0.2, 0.25) is 5.15 Å². The Labute approximate surface area is 128 Å². The Morgan fingerprint density at radius 2 is 1.86 bits per heavy atom. The summed E-state index contributed by atoms with van der Waals surface area (Å²) in [5.74, 6) is 0.878. The summed E-state index contributed by atoms with van der Waals surface area (Å²) in [7, 11) is 0. The monoisotopic (exact) mass is 302 g/mol. The van der Waals surface area contributed by atoms with Crippen molar-refractivity contribution < 1.29 is 4.79 Å². The average Bonchev–Trinajstić information content (AvgIpc) is 2.55. The average molecular weight is 303 g/mol. The van der Waals surface area contributed by atoms with Crippen molar-refractivity contribution in [1.29, 1.82) is 0 Å². The van der Waals surface area contributed by atoms with Crippen molar-refractivity contribution in [3.63, 3.8) is 0 Å². The van der Waals surface area contributed by atoms with Crippen molar-refractivity contribution in [2.75, 3.05) is 31.1 Å². The molecule has 0 saturated carbocycles. The molecule has 21 heavy (non-hydrogen) atoms. The van der Waals surface area contributed by atoms with Crippen LogP contribution >= 0.6 is 11.6 Å². The zero-order chi connectivity index (χ0) is 14.7. The second-order valence-electron chi connectivity index (χ2n) is 4.81. The molecule has 0 unspecified atom stereocenters. The van der Waals surface area contributed by atoms with E-state index in [1.54, 1.807) is 29.3 Å². The number of rotatable bonds is 2. The summed E-state index contributed by atoms with van der Waals surface area (Å²) < 4.78 is 0. The van der Waals surface area contributed by atoms with Crippen molar-refractivity contribution in [2.45, 2.75) is 0 Å². The van der Waals surface area contributed by atoms with E-state index in [4.69, 9.17) is 11.6 Å². The number of anilines is 1. The highest BCUT2D eigenvalue weighted by Gasteiger charge is 2.23. The molecule has 0 bridgehead atoms. The lowest BCUT2D eigenvalue weighted by molar-refractivity contribution is 0.0740. The lowest BCUT2D eigenvalue weighted by atomic mass is 10.2. The smallest absolute Gasteiger partial charge is 0.272 e. The Morgan fingerprint density at radius 3 is 2.52 bits per heavy atom. The molecule has 5 nitrogen and oxygen atoms in total. The summed E-state index contributed by atoms with van der Waals surface area (Å²) in [6, 6.07) is 10.9. The lowest BCUT2D eigenvalue weighted by Crippen LogP contribution is -2.49. The number of hydrogen-bond donors (Lipinski definition) is 0. The van der Waals surface area contributed by atoms with E-state index in [0.717, 1.165) is 18.9 Å². The standard InChI is InChI=1S/C15H15ClN4O/c16-13-5-3-4-12(18-13)15(21)20-10-8-19(9-11-20)14-6-1-2-7-17-14/h1-7H,8-11H2. The molecule has 0 N–H and O–H groups in total. The Kier molecular flexibility index (Phi) is 4.01. The van der Waals surface area contributed by atoms with Gasteiger partial charge in [-0.05, 0) is 24.3 Å². The SMILES string of the molecule is O=C(c1cccc(Cl)n1)N1CCN(c2ccccn2)CC1. The van der Waals surface area contributed by atoms with Gasteiger partial charge < -0.3 is 9.80 Å². The third-order valence-electron chi connectivity index (χ3n) is 3.47. The van der Waals surface area contributed by atoms with E-state index in [9.17, 15) is 4.79 Å². The molecular weight excluding hydrogens is 288 g/mol. The van der Waals surface area contributed by atoms with Crippen molar-refractivity contribution in [3.8, 4) is 0 Å². The molecule has 0 radical (unpaired) electrons. The summed E-state index contributed by atoms with van der Waals surface area (Å²) in [6.07, 6.45) is 1.78. The summed E-state index contributed by atoms with van der Waals surface area (Å²) in [6.45, 7) is 2.85. The van der Waals surface area contributed by atoms with E-state index < -0.39 is 0 Å². The number of amides is 1. The van der Waals surface area contributed by atoms with Gasteiger partial charge in [0.25, 0.3) is 5.91 Å². The van der Waals surface area contributed by atoms with Crippen LogP contribution in [0.25, 0.3) is 0 Å². The minimum absolute atomic E-state index is 0.0711. The van der Waals surface area contributed by atoms with Gasteiger partial charge in [-0.15, -0.1) is 0 Å². The van der Waals surface area contributed by atoms with Gasteiger partial charge >= 0.3 is 0 Å². The number of carbonyl (C=O) groups is 1. The molecule has 0 atom stereocenters. The van der Waals surface area contributed by atoms with Crippen LogP contribution in [0.3, 0.4) is 0 Å². The second-order valence-corrected chi connectivity index (χ2v) is 5.20. The molecule has 1 fully saturated rings. The Balaban J connectivity index is 1.64. The van der Waals surface area contributed by atoms with Crippen LogP contribution in [0.15, 0.2) is 42.6 Å². The van der Waals surface area contributed by atoms with Gasteiger partial charge in [-0.1, -0.05) is 23.7 Å². The first kappa shape index (κ1) is 13.8. The molecule has 0 spiro atoms. The van der Waals surface area contributed by atoms with E-state index in [1.165, 1.54) is 0 Å². The van der Waals surface area contributed by atoms with Crippen LogP contribution in [0, 0.1) is 0 Å². The fourth-order valence-electron chi connectivity index (χ4n) is 2.37. The zero-order valence-corrected chi connectivity index (χ0v) is 12.2. The zero-order valence-electron chi connectivity index (χ0n) is 11.4. The summed E-state index contributed by atoms with van der Waals surface area (Å²) in [4.78, 5) is 24.8. The van der Waals surface area contributed by atoms with E-state index in [1.807, 2.05) is 18.2 Å². The third-order valence-corrected chi connectivity index (χ3v) is 3.68. The van der Waals surface area contributed by atoms with Crippen molar-refractivity contribution in [2.24, 2.45) is 0 Å². The molecule has 6 heteroatoms. The quantitative estimate of drug-likeness (QED) is 0.797. The highest BCUT2D eigenvalue weighted by molar-refractivity contribution is 6.29. The van der Waals surface area contributed by atoms with Crippen molar-refractivity contribution in [3.05, 3.63) is 53.4 Å². The molecule has 1 aliphatic heterocycles. The summed E-state index contributed by atoms with van der Waals surface area (Å²) in [5, 5.41) is 0.341. The highest BCUT2D eigenvalue weighted by Crippen LogP contribution is 2.14. The molecular formula is C15H15ClN4O. The number of piperazine rings is 1. The van der Waals surface area contributed by atoms with Gasteiger partial charge in [0.05, 0.1) is 0 Å². The summed E-state index contributed by atoms with van der Waals surface area (Å²) >= 11 is 5.83. The predicted octanol–water partition coefficient (Wildman–Crippen LogP) is 2.09. The topological polar surface area (TPSA) is 49.3 Å². The van der Waals surface area contributed by atoms with Crippen LogP contribution in [0.1, 0.15) is 10.5 Å². The van der Waals surface area contributed by atoms with Crippen molar-refractivity contribution >= 4 is 23.3 Å². The predicted molar refractivity (Wildman–Crippen MR) is 81.6 cm³/mol. The number of halogens is 1. The van der Waals surface area contributed by atoms with E-state index in [2.05, 4.69) is 14.9 Å². The van der Waals surface area contributed by atoms with Gasteiger partial charge in [0, 0.05) is 32.4 Å². The van der Waals surface area contributed by atoms with E-state index in [-0.39, 0.29) is 5.91 Å². The van der Waals surface area contributed by atoms with Crippen LogP contribution in [-0.2, 0) is 0 Å². The van der Waals surface area contributed by atoms with Crippen LogP contribution in [0.5, 0.6) is 0 Å².